The number of benzene rings is 2. The molecule has 1 aliphatic rings. The lowest BCUT2D eigenvalue weighted by molar-refractivity contribution is 0.259. The van der Waals surface area contributed by atoms with Crippen molar-refractivity contribution in [1.29, 1.82) is 0 Å². The Morgan fingerprint density at radius 3 is 2.50 bits per heavy atom. The minimum atomic E-state index is -0.587. The number of halogens is 1. The molecule has 1 aliphatic carbocycles. The molecule has 90 valence electrons. The topological polar surface area (TPSA) is 55.1 Å². The molecule has 0 aromatic heterocycles. The molecule has 4 heteroatoms. The number of carbonyl (C=O) groups excluding carboxylic acids is 1. The van der Waals surface area contributed by atoms with Crippen molar-refractivity contribution in [2.24, 2.45) is 5.73 Å². The second kappa shape index (κ2) is 3.84. The summed E-state index contributed by atoms with van der Waals surface area (Å²) >= 11 is 0. The molecule has 3 rings (SSSR count). The Kier molecular flexibility index (Phi) is 2.30. The quantitative estimate of drug-likeness (QED) is 0.677. The predicted octanol–water partition coefficient (Wildman–Crippen LogP) is 2.89. The molecular formula is C14H11FN2O. The Bertz CT molecular complexity index is 652. The standard InChI is InChI=1S/C14H11FN2O/c15-10-1-3-12-8(6-10)5-9-7-11(17-14(16)18)2-4-13(9)12/h1-4,6-7H,5H2,(H3,16,17,18). The zero-order valence-electron chi connectivity index (χ0n) is 9.53. The van der Waals surface area contributed by atoms with Crippen molar-refractivity contribution in [3.63, 3.8) is 0 Å². The van der Waals surface area contributed by atoms with Gasteiger partial charge in [0.05, 0.1) is 0 Å². The second-order valence-corrected chi connectivity index (χ2v) is 4.34. The first-order valence-electron chi connectivity index (χ1n) is 5.61. The van der Waals surface area contributed by atoms with Crippen LogP contribution in [0.4, 0.5) is 14.9 Å². The highest BCUT2D eigenvalue weighted by molar-refractivity contribution is 5.89. The van der Waals surface area contributed by atoms with Crippen LogP contribution in [-0.2, 0) is 6.42 Å². The first-order chi connectivity index (χ1) is 8.63. The van der Waals surface area contributed by atoms with Crippen LogP contribution in [0.3, 0.4) is 0 Å². The maximum absolute atomic E-state index is 13.2. The normalized spacial score (nSPS) is 11.8. The first kappa shape index (κ1) is 10.8. The van der Waals surface area contributed by atoms with Gasteiger partial charge in [-0.3, -0.25) is 0 Å². The van der Waals surface area contributed by atoms with Gasteiger partial charge in [0.25, 0.3) is 0 Å². The summed E-state index contributed by atoms with van der Waals surface area (Å²) in [7, 11) is 0. The van der Waals surface area contributed by atoms with Gasteiger partial charge in [-0.15, -0.1) is 0 Å². The molecule has 0 saturated carbocycles. The van der Waals surface area contributed by atoms with E-state index in [9.17, 15) is 9.18 Å². The van der Waals surface area contributed by atoms with Crippen LogP contribution in [0.1, 0.15) is 11.1 Å². The van der Waals surface area contributed by atoms with Crippen molar-refractivity contribution in [1.82, 2.24) is 0 Å². The molecule has 0 saturated heterocycles. The Balaban J connectivity index is 2.03. The monoisotopic (exact) mass is 242 g/mol. The Labute approximate surface area is 103 Å². The Hall–Kier alpha value is -2.36. The van der Waals surface area contributed by atoms with Gasteiger partial charge in [-0.1, -0.05) is 12.1 Å². The summed E-state index contributed by atoms with van der Waals surface area (Å²) in [4.78, 5) is 10.8. The third-order valence-corrected chi connectivity index (χ3v) is 3.11. The van der Waals surface area contributed by atoms with E-state index in [-0.39, 0.29) is 5.82 Å². The van der Waals surface area contributed by atoms with Gasteiger partial charge < -0.3 is 11.1 Å². The van der Waals surface area contributed by atoms with Crippen molar-refractivity contribution in [3.05, 3.63) is 53.3 Å². The Morgan fingerprint density at radius 1 is 1.11 bits per heavy atom. The number of hydrogen-bond donors (Lipinski definition) is 2. The molecular weight excluding hydrogens is 231 g/mol. The highest BCUT2D eigenvalue weighted by Crippen LogP contribution is 2.37. The summed E-state index contributed by atoms with van der Waals surface area (Å²) < 4.78 is 13.2. The summed E-state index contributed by atoms with van der Waals surface area (Å²) in [5.41, 5.74) is 9.92. The number of nitrogens with two attached hydrogens (primary N) is 1. The lowest BCUT2D eigenvalue weighted by Crippen LogP contribution is -2.19. The van der Waals surface area contributed by atoms with Crippen LogP contribution in [0.5, 0.6) is 0 Å². The summed E-state index contributed by atoms with van der Waals surface area (Å²) in [6.07, 6.45) is 0.677. The third kappa shape index (κ3) is 1.72. The van der Waals surface area contributed by atoms with Gasteiger partial charge in [0.1, 0.15) is 5.82 Å². The first-order valence-corrected chi connectivity index (χ1v) is 5.61. The molecule has 0 fully saturated rings. The molecule has 0 bridgehead atoms. The highest BCUT2D eigenvalue weighted by Gasteiger charge is 2.19. The summed E-state index contributed by atoms with van der Waals surface area (Å²) in [6.45, 7) is 0. The fourth-order valence-electron chi connectivity index (χ4n) is 2.40. The van der Waals surface area contributed by atoms with E-state index in [1.807, 2.05) is 12.1 Å². The van der Waals surface area contributed by atoms with Crippen molar-refractivity contribution in [2.75, 3.05) is 5.32 Å². The van der Waals surface area contributed by atoms with Crippen LogP contribution < -0.4 is 11.1 Å². The van der Waals surface area contributed by atoms with E-state index in [1.54, 1.807) is 18.2 Å². The van der Waals surface area contributed by atoms with Crippen LogP contribution >= 0.6 is 0 Å². The van der Waals surface area contributed by atoms with Crippen LogP contribution in [0.25, 0.3) is 11.1 Å². The fourth-order valence-corrected chi connectivity index (χ4v) is 2.40. The third-order valence-electron chi connectivity index (χ3n) is 3.11. The molecule has 2 aromatic carbocycles. The van der Waals surface area contributed by atoms with Gasteiger partial charge in [0.2, 0.25) is 0 Å². The molecule has 0 unspecified atom stereocenters. The van der Waals surface area contributed by atoms with Crippen molar-refractivity contribution >= 4 is 11.7 Å². The minimum absolute atomic E-state index is 0.225. The maximum atomic E-state index is 13.2. The number of amides is 2. The van der Waals surface area contributed by atoms with E-state index in [4.69, 9.17) is 5.73 Å². The number of carbonyl (C=O) groups is 1. The summed E-state index contributed by atoms with van der Waals surface area (Å²) in [6, 6.07) is 9.80. The fraction of sp³-hybridized carbons (Fsp3) is 0.0714. The zero-order chi connectivity index (χ0) is 12.7. The summed E-state index contributed by atoms with van der Waals surface area (Å²) in [5, 5.41) is 2.54. The molecule has 0 spiro atoms. The van der Waals surface area contributed by atoms with E-state index < -0.39 is 6.03 Å². The van der Waals surface area contributed by atoms with Crippen LogP contribution in [-0.4, -0.2) is 6.03 Å². The molecule has 0 aliphatic heterocycles. The van der Waals surface area contributed by atoms with Crippen molar-refractivity contribution < 1.29 is 9.18 Å². The lowest BCUT2D eigenvalue weighted by Gasteiger charge is -2.05. The average molecular weight is 242 g/mol. The summed E-state index contributed by atoms with van der Waals surface area (Å²) in [5.74, 6) is -0.225. The molecule has 18 heavy (non-hydrogen) atoms. The second-order valence-electron chi connectivity index (χ2n) is 4.34. The number of fused-ring (bicyclic) bond motifs is 3. The van der Waals surface area contributed by atoms with Gasteiger partial charge in [0, 0.05) is 5.69 Å². The number of rotatable bonds is 1. The smallest absolute Gasteiger partial charge is 0.316 e. The van der Waals surface area contributed by atoms with Gasteiger partial charge in [-0.2, -0.15) is 0 Å². The Morgan fingerprint density at radius 2 is 1.78 bits per heavy atom. The molecule has 0 heterocycles. The van der Waals surface area contributed by atoms with Crippen molar-refractivity contribution in [3.8, 4) is 11.1 Å². The number of hydrogen-bond acceptors (Lipinski definition) is 1. The van der Waals surface area contributed by atoms with Gasteiger partial charge >= 0.3 is 6.03 Å². The van der Waals surface area contributed by atoms with Crippen LogP contribution in [0.2, 0.25) is 0 Å². The molecule has 3 N–H and O–H groups in total. The van der Waals surface area contributed by atoms with Crippen LogP contribution in [0, 0.1) is 5.82 Å². The molecule has 0 radical (unpaired) electrons. The SMILES string of the molecule is NC(=O)Nc1ccc2c(c1)Cc1cc(F)ccc1-2. The predicted molar refractivity (Wildman–Crippen MR) is 67.8 cm³/mol. The zero-order valence-corrected chi connectivity index (χ0v) is 9.53. The molecule has 0 atom stereocenters. The van der Waals surface area contributed by atoms with Gasteiger partial charge in [0.15, 0.2) is 0 Å². The number of nitrogens with one attached hydrogen (secondary N) is 1. The average Bonchev–Trinajstić information content (AvgIpc) is 2.64. The van der Waals surface area contributed by atoms with Gasteiger partial charge in [-0.05, 0) is 52.9 Å². The molecule has 3 nitrogen and oxygen atoms in total. The van der Waals surface area contributed by atoms with Crippen LogP contribution in [0.15, 0.2) is 36.4 Å². The molecule has 2 aromatic rings. The molecule has 2 amide bonds. The highest BCUT2D eigenvalue weighted by atomic mass is 19.1. The number of anilines is 1. The van der Waals surface area contributed by atoms with E-state index in [2.05, 4.69) is 5.32 Å². The maximum Gasteiger partial charge on any atom is 0.316 e. The van der Waals surface area contributed by atoms with E-state index in [1.165, 1.54) is 6.07 Å². The minimum Gasteiger partial charge on any atom is -0.351 e. The van der Waals surface area contributed by atoms with Crippen molar-refractivity contribution in [2.45, 2.75) is 6.42 Å². The van der Waals surface area contributed by atoms with E-state index in [0.717, 1.165) is 22.3 Å². The number of primary amides is 1. The van der Waals surface area contributed by atoms with E-state index in [0.29, 0.717) is 12.1 Å². The van der Waals surface area contributed by atoms with Gasteiger partial charge in [-0.25, -0.2) is 9.18 Å². The number of urea groups is 1. The largest absolute Gasteiger partial charge is 0.351 e. The lowest BCUT2D eigenvalue weighted by atomic mass is 10.1. The van der Waals surface area contributed by atoms with E-state index >= 15 is 0 Å².